The maximum atomic E-state index is 11.9. The molecule has 0 bridgehead atoms. The molecule has 2 rings (SSSR count). The van der Waals surface area contributed by atoms with Gasteiger partial charge in [0.15, 0.2) is 0 Å². The van der Waals surface area contributed by atoms with E-state index in [1.807, 2.05) is 32.9 Å². The van der Waals surface area contributed by atoms with E-state index < -0.39 is 5.60 Å². The lowest BCUT2D eigenvalue weighted by atomic mass is 10.2. The van der Waals surface area contributed by atoms with Gasteiger partial charge in [-0.1, -0.05) is 12.1 Å². The van der Waals surface area contributed by atoms with E-state index in [0.717, 1.165) is 38.5 Å². The normalized spacial score (nSPS) is 15.7. The van der Waals surface area contributed by atoms with E-state index in [9.17, 15) is 4.79 Å². The van der Waals surface area contributed by atoms with Crippen LogP contribution in [-0.4, -0.2) is 67.9 Å². The van der Waals surface area contributed by atoms with Gasteiger partial charge in [-0.25, -0.2) is 4.79 Å². The van der Waals surface area contributed by atoms with Crippen molar-refractivity contribution >= 4 is 6.09 Å². The molecule has 1 aliphatic rings. The summed E-state index contributed by atoms with van der Waals surface area (Å²) in [7, 11) is 1.72. The fraction of sp³-hybridized carbons (Fsp3) is 0.632. The number of rotatable bonds is 6. The van der Waals surface area contributed by atoms with Gasteiger partial charge in [-0.2, -0.15) is 0 Å². The zero-order valence-electron chi connectivity index (χ0n) is 15.9. The van der Waals surface area contributed by atoms with Crippen LogP contribution < -0.4 is 10.1 Å². The molecular formula is C19H31N3O3. The molecule has 1 aromatic carbocycles. The lowest BCUT2D eigenvalue weighted by Crippen LogP contribution is -2.42. The topological polar surface area (TPSA) is 54.0 Å². The number of benzene rings is 1. The van der Waals surface area contributed by atoms with Gasteiger partial charge in [-0.3, -0.25) is 4.90 Å². The third-order valence-corrected chi connectivity index (χ3v) is 3.94. The van der Waals surface area contributed by atoms with Gasteiger partial charge >= 0.3 is 6.09 Å². The Labute approximate surface area is 151 Å². The Balaban J connectivity index is 1.71. The molecule has 0 atom stereocenters. The molecule has 0 unspecified atom stereocenters. The van der Waals surface area contributed by atoms with Gasteiger partial charge in [-0.15, -0.1) is 0 Å². The monoisotopic (exact) mass is 349 g/mol. The number of hydrogen-bond acceptors (Lipinski definition) is 5. The first kappa shape index (κ1) is 19.5. The van der Waals surface area contributed by atoms with Crippen molar-refractivity contribution in [1.29, 1.82) is 0 Å². The summed E-state index contributed by atoms with van der Waals surface area (Å²) >= 11 is 0. The van der Waals surface area contributed by atoms with Gasteiger partial charge in [0.05, 0.1) is 6.54 Å². The molecule has 0 radical (unpaired) electrons. The number of carbonyl (C=O) groups is 1. The fourth-order valence-corrected chi connectivity index (χ4v) is 2.55. The first-order valence-corrected chi connectivity index (χ1v) is 8.92. The van der Waals surface area contributed by atoms with Crippen LogP contribution in [-0.2, 0) is 11.3 Å². The number of likely N-dealkylation sites (N-methyl/N-ethyl adjacent to an activating group) is 1. The number of nitrogens with one attached hydrogen (secondary N) is 1. The molecule has 25 heavy (non-hydrogen) atoms. The summed E-state index contributed by atoms with van der Waals surface area (Å²) in [5.74, 6) is 0.821. The zero-order valence-corrected chi connectivity index (χ0v) is 15.9. The Hall–Kier alpha value is -1.79. The minimum Gasteiger partial charge on any atom is -0.492 e. The van der Waals surface area contributed by atoms with Crippen LogP contribution in [0.3, 0.4) is 0 Å². The van der Waals surface area contributed by atoms with Crippen molar-refractivity contribution in [1.82, 2.24) is 15.1 Å². The SMILES string of the molecule is CN(CCOc1ccc(CN2CCNCC2)cc1)C(=O)OC(C)(C)C. The van der Waals surface area contributed by atoms with Crippen LogP contribution in [0, 0.1) is 0 Å². The average Bonchev–Trinajstić information content (AvgIpc) is 2.56. The Bertz CT molecular complexity index is 534. The largest absolute Gasteiger partial charge is 0.492 e. The average molecular weight is 349 g/mol. The fourth-order valence-electron chi connectivity index (χ4n) is 2.55. The highest BCUT2D eigenvalue weighted by Crippen LogP contribution is 2.14. The quantitative estimate of drug-likeness (QED) is 0.854. The third-order valence-electron chi connectivity index (χ3n) is 3.94. The highest BCUT2D eigenvalue weighted by Gasteiger charge is 2.19. The van der Waals surface area contributed by atoms with Gasteiger partial charge in [0.2, 0.25) is 0 Å². The lowest BCUT2D eigenvalue weighted by Gasteiger charge is -2.27. The molecule has 0 spiro atoms. The summed E-state index contributed by atoms with van der Waals surface area (Å²) in [6.45, 7) is 11.8. The first-order chi connectivity index (χ1) is 11.8. The second-order valence-electron chi connectivity index (χ2n) is 7.42. The van der Waals surface area contributed by atoms with Gasteiger partial charge in [0, 0.05) is 39.8 Å². The predicted octanol–water partition coefficient (Wildman–Crippen LogP) is 2.34. The summed E-state index contributed by atoms with van der Waals surface area (Å²) in [5.41, 5.74) is 0.812. The Kier molecular flexibility index (Phi) is 7.08. The highest BCUT2D eigenvalue weighted by molar-refractivity contribution is 5.67. The zero-order chi connectivity index (χ0) is 18.3. The predicted molar refractivity (Wildman–Crippen MR) is 98.9 cm³/mol. The smallest absolute Gasteiger partial charge is 0.410 e. The summed E-state index contributed by atoms with van der Waals surface area (Å²) in [4.78, 5) is 15.9. The van der Waals surface area contributed by atoms with Gasteiger partial charge in [-0.05, 0) is 38.5 Å². The molecule has 1 aliphatic heterocycles. The van der Waals surface area contributed by atoms with E-state index in [1.165, 1.54) is 10.5 Å². The second-order valence-corrected chi connectivity index (χ2v) is 7.42. The van der Waals surface area contributed by atoms with Crippen molar-refractivity contribution < 1.29 is 14.3 Å². The Morgan fingerprint density at radius 3 is 2.44 bits per heavy atom. The van der Waals surface area contributed by atoms with Crippen molar-refractivity contribution in [3.63, 3.8) is 0 Å². The molecule has 0 aromatic heterocycles. The number of ether oxygens (including phenoxy) is 2. The van der Waals surface area contributed by atoms with Gasteiger partial charge in [0.25, 0.3) is 0 Å². The summed E-state index contributed by atoms with van der Waals surface area (Å²) in [5, 5.41) is 3.36. The molecule has 1 heterocycles. The Morgan fingerprint density at radius 1 is 1.20 bits per heavy atom. The molecule has 1 fully saturated rings. The van der Waals surface area contributed by atoms with E-state index in [2.05, 4.69) is 22.3 Å². The third kappa shape index (κ3) is 7.32. The van der Waals surface area contributed by atoms with E-state index >= 15 is 0 Å². The molecular weight excluding hydrogens is 318 g/mol. The molecule has 1 aromatic rings. The number of amides is 1. The molecule has 1 N–H and O–H groups in total. The second kappa shape index (κ2) is 9.06. The van der Waals surface area contributed by atoms with E-state index in [1.54, 1.807) is 7.05 Å². The van der Waals surface area contributed by atoms with Crippen molar-refractivity contribution in [2.24, 2.45) is 0 Å². The van der Waals surface area contributed by atoms with Crippen molar-refractivity contribution in [2.75, 3.05) is 46.4 Å². The lowest BCUT2D eigenvalue weighted by molar-refractivity contribution is 0.0278. The van der Waals surface area contributed by atoms with Crippen LogP contribution >= 0.6 is 0 Å². The standard InChI is InChI=1S/C19H31N3O3/c1-19(2,3)25-18(23)21(4)13-14-24-17-7-5-16(6-8-17)15-22-11-9-20-10-12-22/h5-8,20H,9-15H2,1-4H3. The van der Waals surface area contributed by atoms with Crippen LogP contribution in [0.25, 0.3) is 0 Å². The molecule has 0 aliphatic carbocycles. The molecule has 0 saturated carbocycles. The number of nitrogens with zero attached hydrogens (tertiary/aromatic N) is 2. The van der Waals surface area contributed by atoms with Crippen molar-refractivity contribution in [3.8, 4) is 5.75 Å². The summed E-state index contributed by atoms with van der Waals surface area (Å²) in [6, 6.07) is 8.19. The molecule has 1 saturated heterocycles. The highest BCUT2D eigenvalue weighted by atomic mass is 16.6. The van der Waals surface area contributed by atoms with Crippen molar-refractivity contribution in [2.45, 2.75) is 32.9 Å². The van der Waals surface area contributed by atoms with E-state index in [0.29, 0.717) is 13.2 Å². The number of carbonyl (C=O) groups excluding carboxylic acids is 1. The molecule has 140 valence electrons. The summed E-state index contributed by atoms with van der Waals surface area (Å²) in [6.07, 6.45) is -0.331. The first-order valence-electron chi connectivity index (χ1n) is 8.92. The minimum absolute atomic E-state index is 0.331. The van der Waals surface area contributed by atoms with E-state index in [-0.39, 0.29) is 6.09 Å². The van der Waals surface area contributed by atoms with Gasteiger partial charge < -0.3 is 19.7 Å². The maximum absolute atomic E-state index is 11.9. The van der Waals surface area contributed by atoms with Gasteiger partial charge in [0.1, 0.15) is 18.0 Å². The summed E-state index contributed by atoms with van der Waals surface area (Å²) < 4.78 is 11.0. The Morgan fingerprint density at radius 2 is 1.84 bits per heavy atom. The van der Waals surface area contributed by atoms with Crippen LogP contribution in [0.2, 0.25) is 0 Å². The number of hydrogen-bond donors (Lipinski definition) is 1. The molecule has 6 nitrogen and oxygen atoms in total. The van der Waals surface area contributed by atoms with E-state index in [4.69, 9.17) is 9.47 Å². The van der Waals surface area contributed by atoms with Crippen molar-refractivity contribution in [3.05, 3.63) is 29.8 Å². The molecule has 1 amide bonds. The number of piperazine rings is 1. The van der Waals surface area contributed by atoms with Crippen LogP contribution in [0.15, 0.2) is 24.3 Å². The van der Waals surface area contributed by atoms with Crippen LogP contribution in [0.5, 0.6) is 5.75 Å². The molecule has 6 heteroatoms. The minimum atomic E-state index is -0.480. The maximum Gasteiger partial charge on any atom is 0.410 e. The van der Waals surface area contributed by atoms with Crippen LogP contribution in [0.4, 0.5) is 4.79 Å². The van der Waals surface area contributed by atoms with Crippen LogP contribution in [0.1, 0.15) is 26.3 Å².